The third-order valence-electron chi connectivity index (χ3n) is 2.45. The fourth-order valence-electron chi connectivity index (χ4n) is 1.65. The van der Waals surface area contributed by atoms with Gasteiger partial charge in [0.15, 0.2) is 0 Å². The number of thiocarbonyl (C=S) groups is 1. The van der Waals surface area contributed by atoms with Gasteiger partial charge in [-0.2, -0.15) is 0 Å². The number of hydrogen-bond donors (Lipinski definition) is 2. The molecule has 0 fully saturated rings. The van der Waals surface area contributed by atoms with E-state index in [1.165, 1.54) is 0 Å². The Kier molecular flexibility index (Phi) is 5.23. The predicted molar refractivity (Wildman–Crippen MR) is 81.4 cm³/mol. The number of pyridine rings is 1. The molecule has 0 aromatic carbocycles. The largest absolute Gasteiger partial charge is 0.389 e. The van der Waals surface area contributed by atoms with Crippen LogP contribution in [0.1, 0.15) is 25.1 Å². The summed E-state index contributed by atoms with van der Waals surface area (Å²) < 4.78 is 0. The van der Waals surface area contributed by atoms with Gasteiger partial charge in [-0.1, -0.05) is 12.2 Å². The molecule has 5 nitrogen and oxygen atoms in total. The molecule has 1 aromatic heterocycles. The summed E-state index contributed by atoms with van der Waals surface area (Å²) in [7, 11) is 1.81. The highest BCUT2D eigenvalue weighted by Crippen LogP contribution is 2.13. The number of aryl methyl sites for hydroxylation is 1. The van der Waals surface area contributed by atoms with E-state index in [1.807, 2.05) is 33.9 Å². The number of nitrogens with two attached hydrogens (primary N) is 1. The molecule has 0 radical (unpaired) electrons. The van der Waals surface area contributed by atoms with E-state index in [9.17, 15) is 4.79 Å². The summed E-state index contributed by atoms with van der Waals surface area (Å²) in [5.41, 5.74) is 7.20. The molecule has 1 amide bonds. The summed E-state index contributed by atoms with van der Waals surface area (Å²) in [4.78, 5) is 18.2. The molecule has 0 saturated heterocycles. The number of carbonyl (C=O) groups is 1. The van der Waals surface area contributed by atoms with Crippen molar-refractivity contribution in [2.45, 2.75) is 26.8 Å². The number of rotatable bonds is 5. The monoisotopic (exact) mass is 280 g/mol. The number of hydrogen-bond acceptors (Lipinski definition) is 4. The van der Waals surface area contributed by atoms with Crippen LogP contribution in [0.25, 0.3) is 0 Å². The highest BCUT2D eigenvalue weighted by molar-refractivity contribution is 7.80. The number of amides is 1. The van der Waals surface area contributed by atoms with Gasteiger partial charge in [0.25, 0.3) is 0 Å². The fourth-order valence-corrected chi connectivity index (χ4v) is 1.77. The summed E-state index contributed by atoms with van der Waals surface area (Å²) in [5.74, 6) is 0.638. The molecule has 0 aliphatic rings. The van der Waals surface area contributed by atoms with Crippen LogP contribution in [0.5, 0.6) is 0 Å². The third kappa shape index (κ3) is 4.82. The standard InChI is InChI=1S/C13H20N4OS/c1-8(2)15-12(18)7-17(4)11-6-10(13(14)19)5-9(3)16-11/h5-6,8H,7H2,1-4H3,(H2,14,19)(H,15,18). The molecule has 0 aliphatic heterocycles. The first-order valence-electron chi connectivity index (χ1n) is 6.08. The van der Waals surface area contributed by atoms with E-state index in [0.717, 1.165) is 11.3 Å². The molecule has 6 heteroatoms. The first-order chi connectivity index (χ1) is 8.79. The van der Waals surface area contributed by atoms with Crippen molar-refractivity contribution in [3.05, 3.63) is 23.4 Å². The van der Waals surface area contributed by atoms with Crippen LogP contribution in [0.4, 0.5) is 5.82 Å². The SMILES string of the molecule is Cc1cc(C(N)=S)cc(N(C)CC(=O)NC(C)C)n1. The van der Waals surface area contributed by atoms with Gasteiger partial charge in [0.2, 0.25) is 5.91 Å². The molecule has 0 aliphatic carbocycles. The number of nitrogens with zero attached hydrogens (tertiary/aromatic N) is 2. The van der Waals surface area contributed by atoms with Crippen LogP contribution in [0, 0.1) is 6.92 Å². The molecule has 0 saturated carbocycles. The van der Waals surface area contributed by atoms with Crippen LogP contribution in [-0.4, -0.2) is 35.5 Å². The molecular weight excluding hydrogens is 260 g/mol. The molecule has 1 heterocycles. The maximum atomic E-state index is 11.7. The fraction of sp³-hybridized carbons (Fsp3) is 0.462. The Labute approximate surface area is 119 Å². The maximum Gasteiger partial charge on any atom is 0.239 e. The second-order valence-electron chi connectivity index (χ2n) is 4.80. The summed E-state index contributed by atoms with van der Waals surface area (Å²) in [5, 5.41) is 2.84. The highest BCUT2D eigenvalue weighted by Gasteiger charge is 2.11. The molecule has 104 valence electrons. The van der Waals surface area contributed by atoms with Crippen molar-refractivity contribution < 1.29 is 4.79 Å². The van der Waals surface area contributed by atoms with Crippen LogP contribution in [0.15, 0.2) is 12.1 Å². The van der Waals surface area contributed by atoms with Gasteiger partial charge in [-0.15, -0.1) is 0 Å². The Morgan fingerprint density at radius 2 is 2.16 bits per heavy atom. The van der Waals surface area contributed by atoms with Gasteiger partial charge < -0.3 is 16.0 Å². The number of nitrogens with one attached hydrogen (secondary N) is 1. The lowest BCUT2D eigenvalue weighted by molar-refractivity contribution is -0.120. The van der Waals surface area contributed by atoms with E-state index in [1.54, 1.807) is 11.0 Å². The molecule has 0 bridgehead atoms. The van der Waals surface area contributed by atoms with Gasteiger partial charge in [-0.05, 0) is 32.9 Å². The minimum absolute atomic E-state index is 0.0438. The topological polar surface area (TPSA) is 71.2 Å². The van der Waals surface area contributed by atoms with Crippen molar-refractivity contribution in [1.82, 2.24) is 10.3 Å². The third-order valence-corrected chi connectivity index (χ3v) is 2.68. The van der Waals surface area contributed by atoms with Crippen molar-refractivity contribution in [3.63, 3.8) is 0 Å². The molecular formula is C13H20N4OS. The van der Waals surface area contributed by atoms with E-state index in [4.69, 9.17) is 18.0 Å². The Bertz CT molecular complexity index is 488. The van der Waals surface area contributed by atoms with Crippen LogP contribution in [-0.2, 0) is 4.79 Å². The first kappa shape index (κ1) is 15.4. The maximum absolute atomic E-state index is 11.7. The molecule has 0 atom stereocenters. The number of aromatic nitrogens is 1. The van der Waals surface area contributed by atoms with Crippen LogP contribution >= 0.6 is 12.2 Å². The van der Waals surface area contributed by atoms with Gasteiger partial charge in [-0.3, -0.25) is 4.79 Å². The number of carbonyl (C=O) groups excluding carboxylic acids is 1. The van der Waals surface area contributed by atoms with E-state index in [-0.39, 0.29) is 18.5 Å². The molecule has 1 rings (SSSR count). The lowest BCUT2D eigenvalue weighted by Crippen LogP contribution is -2.39. The van der Waals surface area contributed by atoms with Crippen LogP contribution in [0.3, 0.4) is 0 Å². The van der Waals surface area contributed by atoms with Gasteiger partial charge in [0.1, 0.15) is 10.8 Å². The van der Waals surface area contributed by atoms with E-state index >= 15 is 0 Å². The van der Waals surface area contributed by atoms with Crippen LogP contribution < -0.4 is 16.0 Å². The molecule has 19 heavy (non-hydrogen) atoms. The van der Waals surface area contributed by atoms with Gasteiger partial charge in [-0.25, -0.2) is 4.98 Å². The minimum Gasteiger partial charge on any atom is -0.389 e. The van der Waals surface area contributed by atoms with E-state index in [2.05, 4.69) is 10.3 Å². The summed E-state index contributed by atoms with van der Waals surface area (Å²) in [6.07, 6.45) is 0. The predicted octanol–water partition coefficient (Wildman–Crippen LogP) is 0.985. The smallest absolute Gasteiger partial charge is 0.239 e. The minimum atomic E-state index is -0.0438. The zero-order valence-corrected chi connectivity index (χ0v) is 12.5. The molecule has 0 spiro atoms. The summed E-state index contributed by atoms with van der Waals surface area (Å²) >= 11 is 4.96. The molecule has 0 unspecified atom stereocenters. The van der Waals surface area contributed by atoms with Crippen molar-refractivity contribution in [2.24, 2.45) is 5.73 Å². The average molecular weight is 280 g/mol. The number of anilines is 1. The summed E-state index contributed by atoms with van der Waals surface area (Å²) in [6.45, 7) is 5.96. The normalized spacial score (nSPS) is 10.4. The zero-order chi connectivity index (χ0) is 14.6. The molecule has 1 aromatic rings. The lowest BCUT2D eigenvalue weighted by Gasteiger charge is -2.19. The van der Waals surface area contributed by atoms with E-state index in [0.29, 0.717) is 10.8 Å². The second-order valence-corrected chi connectivity index (χ2v) is 5.24. The average Bonchev–Trinajstić information content (AvgIpc) is 2.26. The molecule has 3 N–H and O–H groups in total. The van der Waals surface area contributed by atoms with Crippen molar-refractivity contribution in [3.8, 4) is 0 Å². The van der Waals surface area contributed by atoms with Crippen molar-refractivity contribution >= 4 is 28.9 Å². The lowest BCUT2D eigenvalue weighted by atomic mass is 10.2. The Morgan fingerprint density at radius 3 is 2.68 bits per heavy atom. The first-order valence-corrected chi connectivity index (χ1v) is 6.49. The quantitative estimate of drug-likeness (QED) is 0.787. The second kappa shape index (κ2) is 6.47. The van der Waals surface area contributed by atoms with Crippen molar-refractivity contribution in [1.29, 1.82) is 0 Å². The van der Waals surface area contributed by atoms with Crippen LogP contribution in [0.2, 0.25) is 0 Å². The Morgan fingerprint density at radius 1 is 1.53 bits per heavy atom. The summed E-state index contributed by atoms with van der Waals surface area (Å²) in [6, 6.07) is 3.74. The van der Waals surface area contributed by atoms with E-state index < -0.39 is 0 Å². The Hall–Kier alpha value is -1.69. The van der Waals surface area contributed by atoms with Gasteiger partial charge in [0, 0.05) is 24.3 Å². The number of likely N-dealkylation sites (N-methyl/N-ethyl adjacent to an activating group) is 1. The van der Waals surface area contributed by atoms with Gasteiger partial charge in [0.05, 0.1) is 6.54 Å². The highest BCUT2D eigenvalue weighted by atomic mass is 32.1. The Balaban J connectivity index is 2.84. The van der Waals surface area contributed by atoms with Crippen molar-refractivity contribution in [2.75, 3.05) is 18.5 Å². The van der Waals surface area contributed by atoms with Gasteiger partial charge >= 0.3 is 0 Å². The zero-order valence-electron chi connectivity index (χ0n) is 11.7.